The second-order valence-electron chi connectivity index (χ2n) is 9.49. The summed E-state index contributed by atoms with van der Waals surface area (Å²) >= 11 is 3.57. The largest absolute Gasteiger partial charge is 0.382 e. The van der Waals surface area contributed by atoms with Crippen LogP contribution in [0.25, 0.3) is 16.9 Å². The number of carbonyl (C=O) groups excluding carboxylic acids is 1. The number of piperidine rings is 1. The first-order valence-corrected chi connectivity index (χ1v) is 12.4. The third-order valence-corrected chi connectivity index (χ3v) is 7.24. The highest BCUT2D eigenvalue weighted by molar-refractivity contribution is 9.10. The minimum absolute atomic E-state index is 0.260. The minimum Gasteiger partial charge on any atom is -0.382 e. The lowest BCUT2D eigenvalue weighted by atomic mass is 9.97. The number of fused-ring (bicyclic) bond motifs is 1. The van der Waals surface area contributed by atoms with Gasteiger partial charge in [-0.2, -0.15) is 5.10 Å². The van der Waals surface area contributed by atoms with E-state index >= 15 is 0 Å². The second-order valence-corrected chi connectivity index (χ2v) is 10.3. The Labute approximate surface area is 197 Å². The number of rotatable bonds is 7. The molecule has 2 aromatic heterocycles. The molecule has 6 nitrogen and oxygen atoms in total. The van der Waals surface area contributed by atoms with E-state index in [1.54, 1.807) is 0 Å². The third kappa shape index (κ3) is 4.59. The number of nitrogens with one attached hydrogen (secondary N) is 1. The third-order valence-electron chi connectivity index (χ3n) is 6.85. The van der Waals surface area contributed by atoms with E-state index < -0.39 is 0 Å². The Kier molecular flexibility index (Phi) is 6.03. The van der Waals surface area contributed by atoms with Gasteiger partial charge in [0.25, 0.3) is 0 Å². The highest BCUT2D eigenvalue weighted by Gasteiger charge is 2.25. The van der Waals surface area contributed by atoms with Crippen LogP contribution in [0.4, 0.5) is 5.69 Å². The molecule has 2 aliphatic rings. The lowest BCUT2D eigenvalue weighted by Gasteiger charge is -2.29. The zero-order valence-corrected chi connectivity index (χ0v) is 20.4. The van der Waals surface area contributed by atoms with E-state index in [-0.39, 0.29) is 5.78 Å². The smallest absolute Gasteiger partial charge is 0.177 e. The average Bonchev–Trinajstić information content (AvgIpc) is 3.48. The van der Waals surface area contributed by atoms with Crippen molar-refractivity contribution in [3.8, 4) is 11.3 Å². The summed E-state index contributed by atoms with van der Waals surface area (Å²) in [5.41, 5.74) is 5.60. The van der Waals surface area contributed by atoms with Gasteiger partial charge in [0.05, 0.1) is 17.6 Å². The van der Waals surface area contributed by atoms with Crippen LogP contribution in [0.5, 0.6) is 0 Å². The predicted molar refractivity (Wildman–Crippen MR) is 131 cm³/mol. The number of anilines is 1. The molecule has 0 radical (unpaired) electrons. The molecular weight excluding hydrogens is 466 g/mol. The van der Waals surface area contributed by atoms with Crippen LogP contribution < -0.4 is 5.32 Å². The van der Waals surface area contributed by atoms with Crippen molar-refractivity contribution in [3.05, 3.63) is 46.2 Å². The van der Waals surface area contributed by atoms with Crippen LogP contribution in [0.2, 0.25) is 0 Å². The van der Waals surface area contributed by atoms with E-state index in [0.29, 0.717) is 18.3 Å². The van der Waals surface area contributed by atoms with Crippen LogP contribution in [0, 0.1) is 18.8 Å². The molecule has 0 amide bonds. The van der Waals surface area contributed by atoms with Gasteiger partial charge < -0.3 is 10.2 Å². The molecule has 0 spiro atoms. The number of carbonyl (C=O) groups is 1. The molecule has 5 rings (SSSR count). The van der Waals surface area contributed by atoms with E-state index in [0.717, 1.165) is 58.0 Å². The van der Waals surface area contributed by atoms with Crippen molar-refractivity contribution >= 4 is 33.0 Å². The Morgan fingerprint density at radius 3 is 2.66 bits per heavy atom. The highest BCUT2D eigenvalue weighted by Crippen LogP contribution is 2.34. The molecule has 1 aliphatic heterocycles. The van der Waals surface area contributed by atoms with E-state index in [1.165, 1.54) is 25.7 Å². The van der Waals surface area contributed by atoms with Gasteiger partial charge in [0.1, 0.15) is 4.60 Å². The maximum atomic E-state index is 12.6. The monoisotopic (exact) mass is 495 g/mol. The SMILES string of the molecule is Cc1cc(-c2cnc3c(NCC4CCN(C)CC4)cc(Br)nn23)ccc1C(=O)CC1CC1. The molecule has 3 heterocycles. The number of aryl methyl sites for hydroxylation is 1. The Morgan fingerprint density at radius 1 is 1.16 bits per heavy atom. The number of likely N-dealkylation sites (tertiary alicyclic amines) is 1. The summed E-state index contributed by atoms with van der Waals surface area (Å²) in [6.07, 6.45) is 7.37. The van der Waals surface area contributed by atoms with Crippen LogP contribution >= 0.6 is 15.9 Å². The number of Topliss-reactive ketones (excluding diaryl/α,β-unsaturated/α-hetero) is 1. The number of hydrogen-bond donors (Lipinski definition) is 1. The van der Waals surface area contributed by atoms with Gasteiger partial charge >= 0.3 is 0 Å². The van der Waals surface area contributed by atoms with Crippen LogP contribution in [-0.4, -0.2) is 52.0 Å². The van der Waals surface area contributed by atoms with Gasteiger partial charge in [0.2, 0.25) is 0 Å². The molecule has 2 fully saturated rings. The van der Waals surface area contributed by atoms with Crippen LogP contribution in [0.15, 0.2) is 35.1 Å². The molecule has 1 saturated heterocycles. The molecule has 0 bridgehead atoms. The fraction of sp³-hybridized carbons (Fsp3) is 0.480. The lowest BCUT2D eigenvalue weighted by Crippen LogP contribution is -2.33. The fourth-order valence-electron chi connectivity index (χ4n) is 4.62. The van der Waals surface area contributed by atoms with Crippen molar-refractivity contribution in [2.75, 3.05) is 32.0 Å². The van der Waals surface area contributed by atoms with Crippen LogP contribution in [0.1, 0.15) is 48.0 Å². The average molecular weight is 496 g/mol. The topological polar surface area (TPSA) is 62.5 Å². The zero-order chi connectivity index (χ0) is 22.2. The van der Waals surface area contributed by atoms with Crippen molar-refractivity contribution in [2.45, 2.75) is 39.0 Å². The van der Waals surface area contributed by atoms with Gasteiger partial charge in [0, 0.05) is 24.1 Å². The molecule has 168 valence electrons. The molecule has 0 unspecified atom stereocenters. The highest BCUT2D eigenvalue weighted by atomic mass is 79.9. The predicted octanol–water partition coefficient (Wildman–Crippen LogP) is 5.20. The summed E-state index contributed by atoms with van der Waals surface area (Å²) in [5.74, 6) is 1.54. The van der Waals surface area contributed by atoms with Crippen molar-refractivity contribution in [3.63, 3.8) is 0 Å². The molecule has 1 aliphatic carbocycles. The molecule has 3 aromatic rings. The number of hydrogen-bond acceptors (Lipinski definition) is 5. The molecule has 1 N–H and O–H groups in total. The lowest BCUT2D eigenvalue weighted by molar-refractivity contribution is 0.0975. The first-order chi connectivity index (χ1) is 15.5. The summed E-state index contributed by atoms with van der Waals surface area (Å²) < 4.78 is 2.66. The maximum absolute atomic E-state index is 12.6. The van der Waals surface area contributed by atoms with E-state index in [9.17, 15) is 4.79 Å². The van der Waals surface area contributed by atoms with Gasteiger partial charge in [-0.1, -0.05) is 12.1 Å². The summed E-state index contributed by atoms with van der Waals surface area (Å²) in [7, 11) is 2.19. The number of halogens is 1. The molecule has 32 heavy (non-hydrogen) atoms. The van der Waals surface area contributed by atoms with Gasteiger partial charge in [-0.05, 0) is 98.2 Å². The maximum Gasteiger partial charge on any atom is 0.177 e. The fourth-order valence-corrected chi connectivity index (χ4v) is 5.00. The molecular formula is C25H30BrN5O. The van der Waals surface area contributed by atoms with Crippen molar-refractivity contribution in [2.24, 2.45) is 11.8 Å². The van der Waals surface area contributed by atoms with Gasteiger partial charge in [-0.15, -0.1) is 0 Å². The molecule has 7 heteroatoms. The normalized spacial score (nSPS) is 17.7. The number of nitrogens with zero attached hydrogens (tertiary/aromatic N) is 4. The van der Waals surface area contributed by atoms with Crippen molar-refractivity contribution < 1.29 is 4.79 Å². The molecule has 1 saturated carbocycles. The Balaban J connectivity index is 1.39. The number of imidazole rings is 1. The quantitative estimate of drug-likeness (QED) is 0.456. The summed E-state index contributed by atoms with van der Waals surface area (Å²) in [5, 5.41) is 8.29. The second kappa shape index (κ2) is 8.94. The van der Waals surface area contributed by atoms with E-state index in [4.69, 9.17) is 0 Å². The van der Waals surface area contributed by atoms with Crippen LogP contribution in [-0.2, 0) is 0 Å². The molecule has 0 atom stereocenters. The van der Waals surface area contributed by atoms with Crippen molar-refractivity contribution in [1.29, 1.82) is 0 Å². The summed E-state index contributed by atoms with van der Waals surface area (Å²) in [4.78, 5) is 19.7. The summed E-state index contributed by atoms with van der Waals surface area (Å²) in [6.45, 7) is 5.28. The zero-order valence-electron chi connectivity index (χ0n) is 18.8. The van der Waals surface area contributed by atoms with Gasteiger partial charge in [-0.3, -0.25) is 4.79 Å². The Hall–Kier alpha value is -2.25. The van der Waals surface area contributed by atoms with Gasteiger partial charge in [0.15, 0.2) is 11.4 Å². The number of aromatic nitrogens is 3. The van der Waals surface area contributed by atoms with Gasteiger partial charge in [-0.25, -0.2) is 9.50 Å². The Morgan fingerprint density at radius 2 is 1.94 bits per heavy atom. The van der Waals surface area contributed by atoms with E-state index in [2.05, 4.69) is 49.3 Å². The van der Waals surface area contributed by atoms with E-state index in [1.807, 2.05) is 35.8 Å². The first-order valence-electron chi connectivity index (χ1n) is 11.6. The number of ketones is 1. The molecule has 1 aromatic carbocycles. The van der Waals surface area contributed by atoms with Crippen LogP contribution in [0.3, 0.4) is 0 Å². The minimum atomic E-state index is 0.260. The Bertz CT molecular complexity index is 1140. The number of benzene rings is 1. The standard InChI is InChI=1S/C25H30BrN5O/c1-16-11-19(5-6-20(16)23(32)12-17-3-4-17)22-15-28-25-21(13-24(26)29-31(22)25)27-14-18-7-9-30(2)10-8-18/h5-6,11,13,15,17-18,27H,3-4,7-10,12,14H2,1-2H3. The summed E-state index contributed by atoms with van der Waals surface area (Å²) in [6, 6.07) is 8.07. The first kappa shape index (κ1) is 21.6. The van der Waals surface area contributed by atoms with Crippen molar-refractivity contribution in [1.82, 2.24) is 19.5 Å².